The van der Waals surface area contributed by atoms with Crippen molar-refractivity contribution in [2.24, 2.45) is 5.73 Å². The van der Waals surface area contributed by atoms with Crippen LogP contribution in [0.4, 0.5) is 0 Å². The van der Waals surface area contributed by atoms with Gasteiger partial charge in [-0.3, -0.25) is 9.59 Å². The second-order valence-corrected chi connectivity index (χ2v) is 6.57. The van der Waals surface area contributed by atoms with Gasteiger partial charge in [-0.2, -0.15) is 11.8 Å². The molecule has 0 aliphatic carbocycles. The number of nitrogens with two attached hydrogens (primary N) is 1. The quantitative estimate of drug-likeness (QED) is 0.766. The summed E-state index contributed by atoms with van der Waals surface area (Å²) in [5, 5.41) is 2.61. The van der Waals surface area contributed by atoms with Crippen LogP contribution in [0.1, 0.15) is 18.4 Å². The summed E-state index contributed by atoms with van der Waals surface area (Å²) in [5.74, 6) is 1.53. The molecule has 5 nitrogen and oxygen atoms in total. The maximum Gasteiger partial charge on any atom is 0.242 e. The number of carbonyl (C=O) groups excluding carboxylic acids is 2. The molecule has 0 bridgehead atoms. The zero-order valence-corrected chi connectivity index (χ0v) is 13.6. The second kappa shape index (κ2) is 8.19. The van der Waals surface area contributed by atoms with Crippen LogP contribution in [0.15, 0.2) is 30.3 Å². The van der Waals surface area contributed by atoms with E-state index in [1.54, 1.807) is 23.7 Å². The van der Waals surface area contributed by atoms with E-state index in [0.717, 1.165) is 11.5 Å². The Labute approximate surface area is 135 Å². The number of nitrogens with zero attached hydrogens (tertiary/aromatic N) is 1. The molecular formula is C16H23N3O2S. The molecule has 1 aliphatic heterocycles. The maximum absolute atomic E-state index is 12.3. The van der Waals surface area contributed by atoms with Gasteiger partial charge in [0.2, 0.25) is 11.8 Å². The Kier molecular flexibility index (Phi) is 6.27. The van der Waals surface area contributed by atoms with Crippen molar-refractivity contribution in [2.45, 2.75) is 30.7 Å². The molecule has 1 aromatic carbocycles. The summed E-state index contributed by atoms with van der Waals surface area (Å²) in [6, 6.07) is 9.66. The van der Waals surface area contributed by atoms with Gasteiger partial charge in [0, 0.05) is 37.6 Å². The SMILES string of the molecule is CNC(=O)[C@@H]1C[C@@H](N)CN1C(=O)CCSCc1ccccc1. The van der Waals surface area contributed by atoms with E-state index in [4.69, 9.17) is 5.73 Å². The first kappa shape index (κ1) is 16.8. The number of benzene rings is 1. The summed E-state index contributed by atoms with van der Waals surface area (Å²) in [6.45, 7) is 0.472. The Morgan fingerprint density at radius 1 is 1.36 bits per heavy atom. The van der Waals surface area contributed by atoms with Gasteiger partial charge in [0.05, 0.1) is 0 Å². The fraction of sp³-hybridized carbons (Fsp3) is 0.500. The zero-order chi connectivity index (χ0) is 15.9. The molecule has 0 saturated carbocycles. The predicted octanol–water partition coefficient (Wildman–Crippen LogP) is 0.984. The van der Waals surface area contributed by atoms with Crippen molar-refractivity contribution in [2.75, 3.05) is 19.3 Å². The number of likely N-dealkylation sites (tertiary alicyclic amines) is 1. The van der Waals surface area contributed by atoms with Gasteiger partial charge < -0.3 is 16.0 Å². The third-order valence-electron chi connectivity index (χ3n) is 3.77. The van der Waals surface area contributed by atoms with Crippen LogP contribution >= 0.6 is 11.8 Å². The lowest BCUT2D eigenvalue weighted by Gasteiger charge is -2.23. The molecule has 1 heterocycles. The smallest absolute Gasteiger partial charge is 0.242 e. The van der Waals surface area contributed by atoms with Gasteiger partial charge in [0.1, 0.15) is 6.04 Å². The van der Waals surface area contributed by atoms with Crippen molar-refractivity contribution in [3.63, 3.8) is 0 Å². The lowest BCUT2D eigenvalue weighted by Crippen LogP contribution is -2.45. The number of thioether (sulfide) groups is 1. The Hall–Kier alpha value is -1.53. The monoisotopic (exact) mass is 321 g/mol. The lowest BCUT2D eigenvalue weighted by atomic mass is 10.1. The molecule has 1 saturated heterocycles. The zero-order valence-electron chi connectivity index (χ0n) is 12.8. The van der Waals surface area contributed by atoms with Crippen molar-refractivity contribution in [1.82, 2.24) is 10.2 Å². The molecular weight excluding hydrogens is 298 g/mol. The minimum atomic E-state index is -0.411. The number of rotatable bonds is 6. The molecule has 0 radical (unpaired) electrons. The van der Waals surface area contributed by atoms with Crippen molar-refractivity contribution in [3.05, 3.63) is 35.9 Å². The van der Waals surface area contributed by atoms with E-state index < -0.39 is 6.04 Å². The Morgan fingerprint density at radius 2 is 2.09 bits per heavy atom. The molecule has 22 heavy (non-hydrogen) atoms. The van der Waals surface area contributed by atoms with Crippen molar-refractivity contribution in [1.29, 1.82) is 0 Å². The number of carbonyl (C=O) groups is 2. The van der Waals surface area contributed by atoms with Gasteiger partial charge in [0.15, 0.2) is 0 Å². The normalized spacial score (nSPS) is 20.9. The van der Waals surface area contributed by atoms with Crippen molar-refractivity contribution >= 4 is 23.6 Å². The summed E-state index contributed by atoms with van der Waals surface area (Å²) in [4.78, 5) is 25.8. The van der Waals surface area contributed by atoms with Crippen LogP contribution in [0.2, 0.25) is 0 Å². The third kappa shape index (κ3) is 4.48. The average molecular weight is 321 g/mol. The first-order valence-corrected chi connectivity index (χ1v) is 8.65. The highest BCUT2D eigenvalue weighted by Crippen LogP contribution is 2.19. The molecule has 0 unspecified atom stereocenters. The Bertz CT molecular complexity index is 509. The van der Waals surface area contributed by atoms with Gasteiger partial charge in [-0.15, -0.1) is 0 Å². The minimum Gasteiger partial charge on any atom is -0.357 e. The molecule has 0 aromatic heterocycles. The first-order valence-electron chi connectivity index (χ1n) is 7.50. The summed E-state index contributed by atoms with van der Waals surface area (Å²) in [6.07, 6.45) is 0.986. The molecule has 2 amide bonds. The summed E-state index contributed by atoms with van der Waals surface area (Å²) < 4.78 is 0. The molecule has 120 valence electrons. The standard InChI is InChI=1S/C16H23N3O2S/c1-18-16(21)14-9-13(17)10-19(14)15(20)7-8-22-11-12-5-3-2-4-6-12/h2-6,13-14H,7-11,17H2,1H3,(H,18,21)/t13-,14+/m1/s1. The van der Waals surface area contributed by atoms with Crippen LogP contribution in [0.25, 0.3) is 0 Å². The van der Waals surface area contributed by atoms with Crippen LogP contribution in [0.3, 0.4) is 0 Å². The van der Waals surface area contributed by atoms with Gasteiger partial charge in [0.25, 0.3) is 0 Å². The van der Waals surface area contributed by atoms with E-state index in [0.29, 0.717) is 19.4 Å². The maximum atomic E-state index is 12.3. The number of amides is 2. The Morgan fingerprint density at radius 3 is 2.77 bits per heavy atom. The fourth-order valence-electron chi connectivity index (χ4n) is 2.63. The molecule has 6 heteroatoms. The summed E-state index contributed by atoms with van der Waals surface area (Å²) in [5.41, 5.74) is 7.15. The lowest BCUT2D eigenvalue weighted by molar-refractivity contribution is -0.137. The van der Waals surface area contributed by atoms with Gasteiger partial charge in [-0.05, 0) is 12.0 Å². The van der Waals surface area contributed by atoms with Crippen molar-refractivity contribution < 1.29 is 9.59 Å². The van der Waals surface area contributed by atoms with E-state index in [9.17, 15) is 9.59 Å². The fourth-order valence-corrected chi connectivity index (χ4v) is 3.52. The first-order chi connectivity index (χ1) is 10.6. The number of hydrogen-bond donors (Lipinski definition) is 2. The second-order valence-electron chi connectivity index (χ2n) is 5.46. The average Bonchev–Trinajstić information content (AvgIpc) is 2.93. The van der Waals surface area contributed by atoms with E-state index in [2.05, 4.69) is 17.4 Å². The van der Waals surface area contributed by atoms with E-state index in [-0.39, 0.29) is 17.9 Å². The summed E-state index contributed by atoms with van der Waals surface area (Å²) >= 11 is 1.73. The van der Waals surface area contributed by atoms with E-state index in [1.165, 1.54) is 5.56 Å². The molecule has 1 fully saturated rings. The minimum absolute atomic E-state index is 0.0158. The molecule has 1 aromatic rings. The predicted molar refractivity (Wildman–Crippen MR) is 89.4 cm³/mol. The molecule has 3 N–H and O–H groups in total. The largest absolute Gasteiger partial charge is 0.357 e. The van der Waals surface area contributed by atoms with Crippen molar-refractivity contribution in [3.8, 4) is 0 Å². The van der Waals surface area contributed by atoms with E-state index in [1.807, 2.05) is 18.2 Å². The van der Waals surface area contributed by atoms with Gasteiger partial charge in [-0.1, -0.05) is 30.3 Å². The van der Waals surface area contributed by atoms with Gasteiger partial charge in [-0.25, -0.2) is 0 Å². The topological polar surface area (TPSA) is 75.4 Å². The van der Waals surface area contributed by atoms with E-state index >= 15 is 0 Å². The highest BCUT2D eigenvalue weighted by atomic mass is 32.2. The van der Waals surface area contributed by atoms with Crippen LogP contribution in [0, 0.1) is 0 Å². The molecule has 2 atom stereocenters. The number of hydrogen-bond acceptors (Lipinski definition) is 4. The number of likely N-dealkylation sites (N-methyl/N-ethyl adjacent to an activating group) is 1. The molecule has 2 rings (SSSR count). The Balaban J connectivity index is 1.77. The van der Waals surface area contributed by atoms with Gasteiger partial charge >= 0.3 is 0 Å². The number of nitrogens with one attached hydrogen (secondary N) is 1. The van der Waals surface area contributed by atoms with Crippen LogP contribution in [-0.2, 0) is 15.3 Å². The highest BCUT2D eigenvalue weighted by molar-refractivity contribution is 7.98. The molecule has 0 spiro atoms. The van der Waals surface area contributed by atoms with Crippen LogP contribution < -0.4 is 11.1 Å². The highest BCUT2D eigenvalue weighted by Gasteiger charge is 2.37. The van der Waals surface area contributed by atoms with Crippen LogP contribution in [-0.4, -0.2) is 48.1 Å². The third-order valence-corrected chi connectivity index (χ3v) is 4.80. The van der Waals surface area contributed by atoms with Crippen LogP contribution in [0.5, 0.6) is 0 Å². The molecule has 1 aliphatic rings. The summed E-state index contributed by atoms with van der Waals surface area (Å²) in [7, 11) is 1.59.